The van der Waals surface area contributed by atoms with Crippen LogP contribution in [0.3, 0.4) is 0 Å². The van der Waals surface area contributed by atoms with Gasteiger partial charge in [-0.1, -0.05) is 0 Å². The van der Waals surface area contributed by atoms with Gasteiger partial charge in [-0.15, -0.1) is 0 Å². The van der Waals surface area contributed by atoms with E-state index >= 15 is 0 Å². The van der Waals surface area contributed by atoms with E-state index in [-0.39, 0.29) is 5.56 Å². The highest BCUT2D eigenvalue weighted by Crippen LogP contribution is 2.15. The molecule has 0 bridgehead atoms. The minimum absolute atomic E-state index is 0.0728. The molecule has 1 fully saturated rings. The second-order valence-corrected chi connectivity index (χ2v) is 5.12. The molecule has 1 N–H and O–H groups in total. The van der Waals surface area contributed by atoms with E-state index in [1.807, 2.05) is 19.2 Å². The number of anilines is 1. The summed E-state index contributed by atoms with van der Waals surface area (Å²) in [5.41, 5.74) is 1.13. The number of likely N-dealkylation sites (tertiary alicyclic amines) is 1. The van der Waals surface area contributed by atoms with E-state index in [9.17, 15) is 4.79 Å². The van der Waals surface area contributed by atoms with E-state index in [0.29, 0.717) is 6.04 Å². The minimum Gasteiger partial charge on any atom is -0.381 e. The van der Waals surface area contributed by atoms with Crippen LogP contribution >= 0.6 is 0 Å². The molecular weight excluding hydrogens is 226 g/mol. The van der Waals surface area contributed by atoms with Gasteiger partial charge in [0.1, 0.15) is 0 Å². The molecule has 1 aliphatic heterocycles. The van der Waals surface area contributed by atoms with Crippen LogP contribution in [-0.4, -0.2) is 35.6 Å². The van der Waals surface area contributed by atoms with Gasteiger partial charge in [0.15, 0.2) is 0 Å². The Bertz CT molecular complexity index is 441. The summed E-state index contributed by atoms with van der Waals surface area (Å²) < 4.78 is 1.74. The van der Waals surface area contributed by atoms with Crippen molar-refractivity contribution in [2.24, 2.45) is 0 Å². The number of aromatic nitrogens is 1. The van der Waals surface area contributed by atoms with Gasteiger partial charge in [-0.2, -0.15) is 0 Å². The molecule has 2 rings (SSSR count). The third-order valence-corrected chi connectivity index (χ3v) is 3.65. The van der Waals surface area contributed by atoms with Crippen molar-refractivity contribution in [2.75, 3.05) is 25.5 Å². The SMILES string of the molecule is CCn1cc(NC2CCCN(C)CC2)ccc1=O. The molecule has 0 aromatic carbocycles. The lowest BCUT2D eigenvalue weighted by Gasteiger charge is -2.18. The molecule has 0 amide bonds. The summed E-state index contributed by atoms with van der Waals surface area (Å²) in [6, 6.07) is 4.07. The molecule has 4 nitrogen and oxygen atoms in total. The van der Waals surface area contributed by atoms with Crippen molar-refractivity contribution >= 4 is 5.69 Å². The van der Waals surface area contributed by atoms with E-state index in [1.165, 1.54) is 25.8 Å². The summed E-state index contributed by atoms with van der Waals surface area (Å²) in [6.45, 7) is 5.05. The fraction of sp³-hybridized carbons (Fsp3) is 0.643. The molecule has 0 saturated carbocycles. The van der Waals surface area contributed by atoms with Gasteiger partial charge in [0, 0.05) is 24.8 Å². The first-order valence-electron chi connectivity index (χ1n) is 6.84. The largest absolute Gasteiger partial charge is 0.381 e. The van der Waals surface area contributed by atoms with Crippen molar-refractivity contribution in [1.82, 2.24) is 9.47 Å². The average Bonchev–Trinajstić information content (AvgIpc) is 2.57. The van der Waals surface area contributed by atoms with Crippen LogP contribution in [0.5, 0.6) is 0 Å². The normalized spacial score (nSPS) is 21.6. The predicted molar refractivity (Wildman–Crippen MR) is 75.1 cm³/mol. The lowest BCUT2D eigenvalue weighted by molar-refractivity contribution is 0.348. The second-order valence-electron chi connectivity index (χ2n) is 5.12. The van der Waals surface area contributed by atoms with Crippen LogP contribution in [0.25, 0.3) is 0 Å². The highest BCUT2D eigenvalue weighted by atomic mass is 16.1. The lowest BCUT2D eigenvalue weighted by Crippen LogP contribution is -2.24. The van der Waals surface area contributed by atoms with Gasteiger partial charge >= 0.3 is 0 Å². The highest BCUT2D eigenvalue weighted by Gasteiger charge is 2.14. The van der Waals surface area contributed by atoms with E-state index in [2.05, 4.69) is 17.3 Å². The zero-order valence-corrected chi connectivity index (χ0v) is 11.4. The molecule has 1 unspecified atom stereocenters. The van der Waals surface area contributed by atoms with Gasteiger partial charge < -0.3 is 14.8 Å². The maximum Gasteiger partial charge on any atom is 0.250 e. The molecular formula is C14H23N3O. The minimum atomic E-state index is 0.0728. The van der Waals surface area contributed by atoms with Crippen molar-refractivity contribution < 1.29 is 0 Å². The molecule has 100 valence electrons. The van der Waals surface area contributed by atoms with Crippen LogP contribution in [-0.2, 0) is 6.54 Å². The van der Waals surface area contributed by atoms with Crippen LogP contribution in [0, 0.1) is 0 Å². The number of nitrogens with zero attached hydrogens (tertiary/aromatic N) is 2. The van der Waals surface area contributed by atoms with Crippen LogP contribution < -0.4 is 10.9 Å². The van der Waals surface area contributed by atoms with Crippen LogP contribution in [0.4, 0.5) is 5.69 Å². The molecule has 2 heterocycles. The first-order chi connectivity index (χ1) is 8.69. The zero-order valence-electron chi connectivity index (χ0n) is 11.4. The highest BCUT2D eigenvalue weighted by molar-refractivity contribution is 5.41. The van der Waals surface area contributed by atoms with E-state index in [4.69, 9.17) is 0 Å². The van der Waals surface area contributed by atoms with Crippen LogP contribution in [0.1, 0.15) is 26.2 Å². The Balaban J connectivity index is 2.02. The number of rotatable bonds is 3. The van der Waals surface area contributed by atoms with Crippen LogP contribution in [0.2, 0.25) is 0 Å². The number of hydrogen-bond acceptors (Lipinski definition) is 3. The average molecular weight is 249 g/mol. The van der Waals surface area contributed by atoms with Crippen molar-refractivity contribution in [3.05, 3.63) is 28.7 Å². The summed E-state index contributed by atoms with van der Waals surface area (Å²) in [5, 5.41) is 3.56. The van der Waals surface area contributed by atoms with Gasteiger partial charge in [0.05, 0.1) is 5.69 Å². The third kappa shape index (κ3) is 3.35. The predicted octanol–water partition coefficient (Wildman–Crippen LogP) is 1.76. The molecule has 1 atom stereocenters. The van der Waals surface area contributed by atoms with Gasteiger partial charge in [0.25, 0.3) is 5.56 Å². The molecule has 1 aromatic rings. The van der Waals surface area contributed by atoms with Crippen molar-refractivity contribution in [3.8, 4) is 0 Å². The van der Waals surface area contributed by atoms with Gasteiger partial charge in [-0.3, -0.25) is 4.79 Å². The lowest BCUT2D eigenvalue weighted by atomic mass is 10.1. The van der Waals surface area contributed by atoms with Crippen molar-refractivity contribution in [2.45, 2.75) is 38.8 Å². The third-order valence-electron chi connectivity index (χ3n) is 3.65. The Hall–Kier alpha value is -1.29. The Labute approximate surface area is 109 Å². The van der Waals surface area contributed by atoms with E-state index < -0.39 is 0 Å². The summed E-state index contributed by atoms with van der Waals surface area (Å²) in [5.74, 6) is 0. The maximum absolute atomic E-state index is 11.5. The smallest absolute Gasteiger partial charge is 0.250 e. The maximum atomic E-state index is 11.5. The number of nitrogens with one attached hydrogen (secondary N) is 1. The molecule has 1 saturated heterocycles. The fourth-order valence-corrected chi connectivity index (χ4v) is 2.48. The molecule has 1 aromatic heterocycles. The Morgan fingerprint density at radius 1 is 1.33 bits per heavy atom. The number of pyridine rings is 1. The second kappa shape index (κ2) is 6.05. The summed E-state index contributed by atoms with van der Waals surface area (Å²) in [4.78, 5) is 13.9. The molecule has 1 aliphatic rings. The summed E-state index contributed by atoms with van der Waals surface area (Å²) >= 11 is 0. The van der Waals surface area contributed by atoms with Gasteiger partial charge in [-0.05, 0) is 52.4 Å². The first kappa shape index (κ1) is 13.1. The van der Waals surface area contributed by atoms with E-state index in [0.717, 1.165) is 18.8 Å². The van der Waals surface area contributed by atoms with Gasteiger partial charge in [0.2, 0.25) is 0 Å². The fourth-order valence-electron chi connectivity index (χ4n) is 2.48. The zero-order chi connectivity index (χ0) is 13.0. The standard InChI is InChI=1S/C14H23N3O/c1-3-17-11-13(6-7-14(17)18)15-12-5-4-9-16(2)10-8-12/h6-7,11-12,15H,3-5,8-10H2,1-2H3. The summed E-state index contributed by atoms with van der Waals surface area (Å²) in [6.07, 6.45) is 5.54. The molecule has 18 heavy (non-hydrogen) atoms. The molecule has 0 aliphatic carbocycles. The Morgan fingerprint density at radius 2 is 2.17 bits per heavy atom. The topological polar surface area (TPSA) is 37.3 Å². The molecule has 0 spiro atoms. The molecule has 4 heteroatoms. The monoisotopic (exact) mass is 249 g/mol. The Kier molecular flexibility index (Phi) is 4.42. The van der Waals surface area contributed by atoms with Crippen molar-refractivity contribution in [3.63, 3.8) is 0 Å². The number of hydrogen-bond donors (Lipinski definition) is 1. The van der Waals surface area contributed by atoms with Crippen LogP contribution in [0.15, 0.2) is 23.1 Å². The van der Waals surface area contributed by atoms with Crippen molar-refractivity contribution in [1.29, 1.82) is 0 Å². The quantitative estimate of drug-likeness (QED) is 0.887. The Morgan fingerprint density at radius 3 is 2.94 bits per heavy atom. The van der Waals surface area contributed by atoms with Gasteiger partial charge in [-0.25, -0.2) is 0 Å². The van der Waals surface area contributed by atoms with E-state index in [1.54, 1.807) is 10.6 Å². The molecule has 0 radical (unpaired) electrons. The summed E-state index contributed by atoms with van der Waals surface area (Å²) in [7, 11) is 2.18. The number of aryl methyl sites for hydroxylation is 1. The first-order valence-corrected chi connectivity index (χ1v) is 6.84.